The molecular weight excluding hydrogens is 378 g/mol. The van der Waals surface area contributed by atoms with Crippen molar-refractivity contribution in [3.8, 4) is 5.75 Å². The molecule has 0 radical (unpaired) electrons. The van der Waals surface area contributed by atoms with Gasteiger partial charge in [-0.15, -0.1) is 0 Å². The zero-order valence-electron chi connectivity index (χ0n) is 17.3. The summed E-state index contributed by atoms with van der Waals surface area (Å²) >= 11 is 0. The SMILES string of the molecule is CC(C)NC(=O)NCc1ccc(C(=O)NCCOc2ccc3ccccc3c2)cc1. The molecule has 0 unspecified atom stereocenters. The van der Waals surface area contributed by atoms with Gasteiger partial charge in [-0.05, 0) is 54.4 Å². The number of rotatable bonds is 8. The summed E-state index contributed by atoms with van der Waals surface area (Å²) in [5.74, 6) is 0.621. The highest BCUT2D eigenvalue weighted by molar-refractivity contribution is 5.94. The van der Waals surface area contributed by atoms with E-state index >= 15 is 0 Å². The van der Waals surface area contributed by atoms with Crippen LogP contribution in [-0.2, 0) is 6.54 Å². The number of amides is 3. The minimum Gasteiger partial charge on any atom is -0.492 e. The van der Waals surface area contributed by atoms with Crippen molar-refractivity contribution in [3.63, 3.8) is 0 Å². The van der Waals surface area contributed by atoms with Gasteiger partial charge in [0.1, 0.15) is 12.4 Å². The fourth-order valence-electron chi connectivity index (χ4n) is 2.96. The summed E-state index contributed by atoms with van der Waals surface area (Å²) in [6.45, 7) is 5.00. The second kappa shape index (κ2) is 10.3. The smallest absolute Gasteiger partial charge is 0.315 e. The molecule has 3 aromatic carbocycles. The zero-order valence-corrected chi connectivity index (χ0v) is 17.3. The van der Waals surface area contributed by atoms with Gasteiger partial charge in [0.05, 0.1) is 6.54 Å². The maximum absolute atomic E-state index is 12.3. The highest BCUT2D eigenvalue weighted by Gasteiger charge is 2.06. The largest absolute Gasteiger partial charge is 0.492 e. The van der Waals surface area contributed by atoms with Crippen molar-refractivity contribution in [3.05, 3.63) is 77.9 Å². The van der Waals surface area contributed by atoms with E-state index in [2.05, 4.69) is 22.0 Å². The molecule has 0 fully saturated rings. The Morgan fingerprint density at radius 2 is 1.63 bits per heavy atom. The number of hydrogen-bond acceptors (Lipinski definition) is 3. The minimum atomic E-state index is -0.210. The third kappa shape index (κ3) is 6.24. The van der Waals surface area contributed by atoms with Crippen LogP contribution in [0.25, 0.3) is 10.8 Å². The molecule has 3 amide bonds. The fraction of sp³-hybridized carbons (Fsp3) is 0.250. The normalized spacial score (nSPS) is 10.6. The quantitative estimate of drug-likeness (QED) is 0.498. The number of urea groups is 1. The summed E-state index contributed by atoms with van der Waals surface area (Å²) < 4.78 is 5.74. The first kappa shape index (κ1) is 21.2. The summed E-state index contributed by atoms with van der Waals surface area (Å²) in [7, 11) is 0. The maximum Gasteiger partial charge on any atom is 0.315 e. The summed E-state index contributed by atoms with van der Waals surface area (Å²) in [6.07, 6.45) is 0. The van der Waals surface area contributed by atoms with E-state index in [0.717, 1.165) is 22.1 Å². The van der Waals surface area contributed by atoms with Crippen molar-refractivity contribution < 1.29 is 14.3 Å². The van der Waals surface area contributed by atoms with Crippen molar-refractivity contribution in [2.75, 3.05) is 13.2 Å². The molecule has 3 aromatic rings. The molecular formula is C24H27N3O3. The monoisotopic (exact) mass is 405 g/mol. The Bertz CT molecular complexity index is 1000. The van der Waals surface area contributed by atoms with Crippen LogP contribution in [0.2, 0.25) is 0 Å². The van der Waals surface area contributed by atoms with Crippen LogP contribution in [0, 0.1) is 0 Å². The molecule has 0 aliphatic carbocycles. The summed E-state index contributed by atoms with van der Waals surface area (Å²) in [4.78, 5) is 23.9. The van der Waals surface area contributed by atoms with Crippen molar-refractivity contribution in [2.45, 2.75) is 26.4 Å². The van der Waals surface area contributed by atoms with Crippen molar-refractivity contribution in [2.24, 2.45) is 0 Å². The lowest BCUT2D eigenvalue weighted by atomic mass is 10.1. The topological polar surface area (TPSA) is 79.5 Å². The Hall–Kier alpha value is -3.54. The van der Waals surface area contributed by atoms with Gasteiger partial charge < -0.3 is 20.7 Å². The number of ether oxygens (including phenoxy) is 1. The molecule has 3 N–H and O–H groups in total. The van der Waals surface area contributed by atoms with Gasteiger partial charge in [-0.25, -0.2) is 4.79 Å². The van der Waals surface area contributed by atoms with Gasteiger partial charge in [0.2, 0.25) is 0 Å². The average molecular weight is 405 g/mol. The first-order valence-electron chi connectivity index (χ1n) is 10.0. The molecule has 6 heteroatoms. The van der Waals surface area contributed by atoms with Crippen LogP contribution in [0.1, 0.15) is 29.8 Å². The highest BCUT2D eigenvalue weighted by Crippen LogP contribution is 2.20. The van der Waals surface area contributed by atoms with Crippen molar-refractivity contribution in [1.29, 1.82) is 0 Å². The number of carbonyl (C=O) groups excluding carboxylic acids is 2. The molecule has 0 aliphatic rings. The number of benzene rings is 3. The molecule has 0 bridgehead atoms. The van der Waals surface area contributed by atoms with Gasteiger partial charge in [-0.1, -0.05) is 42.5 Å². The molecule has 0 spiro atoms. The molecule has 0 atom stereocenters. The van der Waals surface area contributed by atoms with Gasteiger partial charge in [0.25, 0.3) is 5.91 Å². The summed E-state index contributed by atoms with van der Waals surface area (Å²) in [5, 5.41) is 10.7. The van der Waals surface area contributed by atoms with Crippen LogP contribution in [0.3, 0.4) is 0 Å². The van der Waals surface area contributed by atoms with E-state index in [1.54, 1.807) is 12.1 Å². The highest BCUT2D eigenvalue weighted by atomic mass is 16.5. The average Bonchev–Trinajstić information content (AvgIpc) is 2.75. The van der Waals surface area contributed by atoms with Gasteiger partial charge in [0, 0.05) is 18.2 Å². The Morgan fingerprint density at radius 3 is 2.37 bits per heavy atom. The van der Waals surface area contributed by atoms with E-state index in [4.69, 9.17) is 4.74 Å². The first-order chi connectivity index (χ1) is 14.5. The van der Waals surface area contributed by atoms with Gasteiger partial charge in [-0.3, -0.25) is 4.79 Å². The van der Waals surface area contributed by atoms with Crippen molar-refractivity contribution >= 4 is 22.7 Å². The number of fused-ring (bicyclic) bond motifs is 1. The standard InChI is InChI=1S/C24H27N3O3/c1-17(2)27-24(29)26-16-18-7-9-20(10-8-18)23(28)25-13-14-30-22-12-11-19-5-3-4-6-21(19)15-22/h3-12,15,17H,13-14,16H2,1-2H3,(H,25,28)(H2,26,27,29). The minimum absolute atomic E-state index is 0.0845. The lowest BCUT2D eigenvalue weighted by Crippen LogP contribution is -2.39. The zero-order chi connectivity index (χ0) is 21.3. The van der Waals surface area contributed by atoms with Crippen LogP contribution in [-0.4, -0.2) is 31.1 Å². The Balaban J connectivity index is 1.41. The van der Waals surface area contributed by atoms with Crippen LogP contribution in [0.4, 0.5) is 4.79 Å². The predicted octanol–water partition coefficient (Wildman–Crippen LogP) is 3.86. The molecule has 0 saturated heterocycles. The molecule has 30 heavy (non-hydrogen) atoms. The first-order valence-corrected chi connectivity index (χ1v) is 10.0. The van der Waals surface area contributed by atoms with Crippen LogP contribution >= 0.6 is 0 Å². The van der Waals surface area contributed by atoms with Gasteiger partial charge in [0.15, 0.2) is 0 Å². The maximum atomic E-state index is 12.3. The molecule has 0 heterocycles. The van der Waals surface area contributed by atoms with Crippen molar-refractivity contribution in [1.82, 2.24) is 16.0 Å². The molecule has 6 nitrogen and oxygen atoms in total. The van der Waals surface area contributed by atoms with E-state index < -0.39 is 0 Å². The fourth-order valence-corrected chi connectivity index (χ4v) is 2.96. The lowest BCUT2D eigenvalue weighted by molar-refractivity contribution is 0.0947. The van der Waals surface area contributed by atoms with E-state index in [1.807, 2.05) is 62.4 Å². The van der Waals surface area contributed by atoms with Gasteiger partial charge >= 0.3 is 6.03 Å². The van der Waals surface area contributed by atoms with E-state index in [9.17, 15) is 9.59 Å². The third-order valence-electron chi connectivity index (χ3n) is 4.47. The number of carbonyl (C=O) groups is 2. The molecule has 156 valence electrons. The molecule has 0 aromatic heterocycles. The van der Waals surface area contributed by atoms with E-state index in [0.29, 0.717) is 25.3 Å². The summed E-state index contributed by atoms with van der Waals surface area (Å²) in [6, 6.07) is 21.1. The second-order valence-corrected chi connectivity index (χ2v) is 7.29. The Labute approximate surface area is 176 Å². The van der Waals surface area contributed by atoms with Crippen LogP contribution in [0.15, 0.2) is 66.7 Å². The lowest BCUT2D eigenvalue weighted by Gasteiger charge is -2.11. The number of hydrogen-bond donors (Lipinski definition) is 3. The summed E-state index contributed by atoms with van der Waals surface area (Å²) in [5.41, 5.74) is 1.49. The van der Waals surface area contributed by atoms with Gasteiger partial charge in [-0.2, -0.15) is 0 Å². The molecule has 0 aliphatic heterocycles. The number of nitrogens with one attached hydrogen (secondary N) is 3. The van der Waals surface area contributed by atoms with Crippen LogP contribution < -0.4 is 20.7 Å². The third-order valence-corrected chi connectivity index (χ3v) is 4.47. The molecule has 0 saturated carbocycles. The molecule has 3 rings (SSSR count). The van der Waals surface area contributed by atoms with E-state index in [1.165, 1.54) is 0 Å². The Kier molecular flexibility index (Phi) is 7.27. The Morgan fingerprint density at radius 1 is 0.900 bits per heavy atom. The van der Waals surface area contributed by atoms with E-state index in [-0.39, 0.29) is 18.0 Å². The second-order valence-electron chi connectivity index (χ2n) is 7.29. The predicted molar refractivity (Wildman–Crippen MR) is 119 cm³/mol. The van der Waals surface area contributed by atoms with Crippen LogP contribution in [0.5, 0.6) is 5.75 Å².